The molecule has 0 radical (unpaired) electrons. The average Bonchev–Trinajstić information content (AvgIpc) is 2.69. The van der Waals surface area contributed by atoms with Crippen molar-refractivity contribution < 1.29 is 9.84 Å². The van der Waals surface area contributed by atoms with Crippen LogP contribution < -0.4 is 10.5 Å². The topological polar surface area (TPSA) is 68.4 Å². The molecule has 0 spiro atoms. The van der Waals surface area contributed by atoms with E-state index in [0.717, 1.165) is 11.3 Å². The summed E-state index contributed by atoms with van der Waals surface area (Å²) in [5.41, 5.74) is 7.18. The highest BCUT2D eigenvalue weighted by Gasteiger charge is 2.11. The summed E-state index contributed by atoms with van der Waals surface area (Å²) < 4.78 is 5.62. The maximum Gasteiger partial charge on any atom is 0.180 e. The summed E-state index contributed by atoms with van der Waals surface area (Å²) in [6.45, 7) is 0. The van der Waals surface area contributed by atoms with Crippen molar-refractivity contribution in [1.82, 2.24) is 4.98 Å². The van der Waals surface area contributed by atoms with Crippen LogP contribution in [-0.2, 0) is 0 Å². The SMILES string of the molecule is COc1cc(-c2csc(N)n2)cc(Br)c1O. The molecule has 1 heterocycles. The molecule has 1 aromatic carbocycles. The van der Waals surface area contributed by atoms with Gasteiger partial charge in [0.15, 0.2) is 16.6 Å². The number of nitrogen functional groups attached to an aromatic ring is 1. The smallest absolute Gasteiger partial charge is 0.180 e. The average molecular weight is 301 g/mol. The fourth-order valence-electron chi connectivity index (χ4n) is 1.30. The van der Waals surface area contributed by atoms with E-state index in [-0.39, 0.29) is 5.75 Å². The lowest BCUT2D eigenvalue weighted by Crippen LogP contribution is -1.87. The van der Waals surface area contributed by atoms with E-state index in [1.165, 1.54) is 18.4 Å². The van der Waals surface area contributed by atoms with E-state index in [2.05, 4.69) is 20.9 Å². The van der Waals surface area contributed by atoms with Crippen LogP contribution in [0.1, 0.15) is 0 Å². The highest BCUT2D eigenvalue weighted by molar-refractivity contribution is 9.10. The third-order valence-corrected chi connectivity index (χ3v) is 3.34. The van der Waals surface area contributed by atoms with Crippen molar-refractivity contribution in [3.63, 3.8) is 0 Å². The largest absolute Gasteiger partial charge is 0.503 e. The predicted octanol–water partition coefficient (Wildman–Crippen LogP) is 2.87. The van der Waals surface area contributed by atoms with E-state index in [1.54, 1.807) is 12.1 Å². The molecule has 0 aliphatic carbocycles. The predicted molar refractivity (Wildman–Crippen MR) is 67.9 cm³/mol. The fraction of sp³-hybridized carbons (Fsp3) is 0.100. The minimum absolute atomic E-state index is 0.0782. The standard InChI is InChI=1S/C10H9BrN2O2S/c1-15-8-3-5(2-6(11)9(8)14)7-4-16-10(12)13-7/h2-4,14H,1H3,(H2,12,13). The van der Waals surface area contributed by atoms with Crippen LogP contribution in [0.15, 0.2) is 22.0 Å². The Labute approximate surface area is 105 Å². The van der Waals surface area contributed by atoms with Gasteiger partial charge in [-0.3, -0.25) is 0 Å². The fourth-order valence-corrected chi connectivity index (χ4v) is 2.31. The van der Waals surface area contributed by atoms with Crippen molar-refractivity contribution in [3.8, 4) is 22.8 Å². The Balaban J connectivity index is 2.54. The quantitative estimate of drug-likeness (QED) is 0.895. The molecular weight excluding hydrogens is 292 g/mol. The molecule has 0 atom stereocenters. The zero-order valence-corrected chi connectivity index (χ0v) is 10.8. The van der Waals surface area contributed by atoms with Crippen molar-refractivity contribution in [3.05, 3.63) is 22.0 Å². The van der Waals surface area contributed by atoms with Crippen LogP contribution in [0.2, 0.25) is 0 Å². The zero-order valence-electron chi connectivity index (χ0n) is 8.40. The van der Waals surface area contributed by atoms with E-state index < -0.39 is 0 Å². The number of halogens is 1. The van der Waals surface area contributed by atoms with Gasteiger partial charge in [0.05, 0.1) is 17.3 Å². The van der Waals surface area contributed by atoms with Gasteiger partial charge >= 0.3 is 0 Å². The number of anilines is 1. The molecular formula is C10H9BrN2O2S. The van der Waals surface area contributed by atoms with Gasteiger partial charge in [-0.05, 0) is 28.1 Å². The molecule has 0 unspecified atom stereocenters. The molecule has 0 saturated carbocycles. The number of thiazole rings is 1. The van der Waals surface area contributed by atoms with Gasteiger partial charge in [-0.2, -0.15) is 0 Å². The first-order chi connectivity index (χ1) is 7.61. The summed E-state index contributed by atoms with van der Waals surface area (Å²) in [6.07, 6.45) is 0. The molecule has 3 N–H and O–H groups in total. The Morgan fingerprint density at radius 2 is 2.25 bits per heavy atom. The first-order valence-electron chi connectivity index (χ1n) is 4.39. The summed E-state index contributed by atoms with van der Waals surface area (Å²) >= 11 is 4.63. The highest BCUT2D eigenvalue weighted by Crippen LogP contribution is 2.38. The lowest BCUT2D eigenvalue weighted by molar-refractivity contribution is 0.372. The van der Waals surface area contributed by atoms with E-state index in [9.17, 15) is 5.11 Å². The van der Waals surface area contributed by atoms with E-state index in [1.807, 2.05) is 5.38 Å². The number of aromatic nitrogens is 1. The third-order valence-electron chi connectivity index (χ3n) is 2.07. The lowest BCUT2D eigenvalue weighted by atomic mass is 10.1. The van der Waals surface area contributed by atoms with Crippen molar-refractivity contribution in [2.75, 3.05) is 12.8 Å². The first-order valence-corrected chi connectivity index (χ1v) is 6.07. The number of ether oxygens (including phenoxy) is 1. The molecule has 2 aromatic rings. The molecule has 16 heavy (non-hydrogen) atoms. The highest BCUT2D eigenvalue weighted by atomic mass is 79.9. The number of benzene rings is 1. The second-order valence-electron chi connectivity index (χ2n) is 3.08. The molecule has 1 aromatic heterocycles. The van der Waals surface area contributed by atoms with Gasteiger partial charge in [-0.1, -0.05) is 0 Å². The Morgan fingerprint density at radius 1 is 1.50 bits per heavy atom. The van der Waals surface area contributed by atoms with Crippen LogP contribution in [0, 0.1) is 0 Å². The summed E-state index contributed by atoms with van der Waals surface area (Å²) in [7, 11) is 1.50. The second kappa shape index (κ2) is 4.31. The Bertz CT molecular complexity index is 528. The molecule has 84 valence electrons. The first kappa shape index (κ1) is 11.2. The normalized spacial score (nSPS) is 10.4. The molecule has 0 fully saturated rings. The van der Waals surface area contributed by atoms with Gasteiger partial charge in [-0.15, -0.1) is 11.3 Å². The number of nitrogens with two attached hydrogens (primary N) is 1. The molecule has 6 heteroatoms. The van der Waals surface area contributed by atoms with Gasteiger partial charge < -0.3 is 15.6 Å². The summed E-state index contributed by atoms with van der Waals surface area (Å²) in [5.74, 6) is 0.477. The molecule has 2 rings (SSSR count). The van der Waals surface area contributed by atoms with E-state index in [0.29, 0.717) is 15.4 Å². The molecule has 0 bridgehead atoms. The van der Waals surface area contributed by atoms with Gasteiger partial charge in [-0.25, -0.2) is 4.98 Å². The maximum absolute atomic E-state index is 9.66. The monoisotopic (exact) mass is 300 g/mol. The summed E-state index contributed by atoms with van der Waals surface area (Å²) in [4.78, 5) is 4.17. The zero-order chi connectivity index (χ0) is 11.7. The second-order valence-corrected chi connectivity index (χ2v) is 4.82. The number of phenolic OH excluding ortho intramolecular Hbond substituents is 1. The molecule has 0 saturated heterocycles. The number of aromatic hydroxyl groups is 1. The lowest BCUT2D eigenvalue weighted by Gasteiger charge is -2.07. The van der Waals surface area contributed by atoms with E-state index in [4.69, 9.17) is 10.5 Å². The number of rotatable bonds is 2. The van der Waals surface area contributed by atoms with Gasteiger partial charge in [0.1, 0.15) is 0 Å². The summed E-state index contributed by atoms with van der Waals surface area (Å²) in [6, 6.07) is 3.49. The van der Waals surface area contributed by atoms with Crippen molar-refractivity contribution in [2.45, 2.75) is 0 Å². The Morgan fingerprint density at radius 3 is 2.81 bits per heavy atom. The minimum atomic E-state index is 0.0782. The van der Waals surface area contributed by atoms with Gasteiger partial charge in [0.2, 0.25) is 0 Å². The van der Waals surface area contributed by atoms with Crippen LogP contribution >= 0.6 is 27.3 Å². The third kappa shape index (κ3) is 1.98. The van der Waals surface area contributed by atoms with Crippen LogP contribution in [0.5, 0.6) is 11.5 Å². The van der Waals surface area contributed by atoms with E-state index >= 15 is 0 Å². The van der Waals surface area contributed by atoms with Crippen LogP contribution in [0.3, 0.4) is 0 Å². The summed E-state index contributed by atoms with van der Waals surface area (Å²) in [5, 5.41) is 12.0. The molecule has 0 amide bonds. The van der Waals surface area contributed by atoms with Crippen LogP contribution in [0.4, 0.5) is 5.13 Å². The number of hydrogen-bond acceptors (Lipinski definition) is 5. The number of hydrogen-bond donors (Lipinski definition) is 2. The number of methoxy groups -OCH3 is 1. The molecule has 0 aliphatic rings. The minimum Gasteiger partial charge on any atom is -0.503 e. The molecule has 4 nitrogen and oxygen atoms in total. The van der Waals surface area contributed by atoms with Crippen molar-refractivity contribution in [2.24, 2.45) is 0 Å². The van der Waals surface area contributed by atoms with Crippen molar-refractivity contribution >= 4 is 32.4 Å². The number of phenols is 1. The maximum atomic E-state index is 9.66. The molecule has 0 aliphatic heterocycles. The van der Waals surface area contributed by atoms with Crippen molar-refractivity contribution in [1.29, 1.82) is 0 Å². The Hall–Kier alpha value is -1.27. The van der Waals surface area contributed by atoms with Crippen LogP contribution in [-0.4, -0.2) is 17.2 Å². The van der Waals surface area contributed by atoms with Crippen LogP contribution in [0.25, 0.3) is 11.3 Å². The Kier molecular flexibility index (Phi) is 3.02. The van der Waals surface area contributed by atoms with Gasteiger partial charge in [0.25, 0.3) is 0 Å². The van der Waals surface area contributed by atoms with Gasteiger partial charge in [0, 0.05) is 10.9 Å². The number of nitrogens with zero attached hydrogens (tertiary/aromatic N) is 1.